The van der Waals surface area contributed by atoms with Crippen LogP contribution in [0.2, 0.25) is 0 Å². The summed E-state index contributed by atoms with van der Waals surface area (Å²) in [7, 11) is 0. The normalized spacial score (nSPS) is 10.9. The second kappa shape index (κ2) is 7.44. The maximum absolute atomic E-state index is 3.46. The highest BCUT2D eigenvalue weighted by Gasteiger charge is 2.16. The molecule has 0 spiro atoms. The molecule has 0 bridgehead atoms. The van der Waals surface area contributed by atoms with E-state index in [1.54, 1.807) is 0 Å². The second-order valence-electron chi connectivity index (χ2n) is 8.79. The Bertz CT molecular complexity index is 1480. The summed E-state index contributed by atoms with van der Waals surface area (Å²) in [5.74, 6) is 13.3. The highest BCUT2D eigenvalue weighted by atomic mass is 14.2. The molecule has 5 aromatic carbocycles. The summed E-state index contributed by atoms with van der Waals surface area (Å²) >= 11 is 0. The Morgan fingerprint density at radius 2 is 0.656 bits per heavy atom. The van der Waals surface area contributed by atoms with Crippen molar-refractivity contribution in [3.8, 4) is 23.7 Å². The summed E-state index contributed by atoms with van der Waals surface area (Å²) in [5.41, 5.74) is 7.36. The molecular weight excluding hydrogens is 384 g/mol. The van der Waals surface area contributed by atoms with Crippen molar-refractivity contribution in [1.82, 2.24) is 0 Å². The van der Waals surface area contributed by atoms with Crippen LogP contribution in [0.15, 0.2) is 48.5 Å². The minimum atomic E-state index is 1.10. The van der Waals surface area contributed by atoms with Crippen LogP contribution in [0.1, 0.15) is 47.2 Å². The summed E-state index contributed by atoms with van der Waals surface area (Å²) in [5, 5.41) is 9.92. The number of fused-ring (bicyclic) bond motifs is 4. The lowest BCUT2D eigenvalue weighted by Gasteiger charge is -2.16. The molecule has 0 heteroatoms. The summed E-state index contributed by atoms with van der Waals surface area (Å²) in [6.07, 6.45) is 0. The maximum Gasteiger partial charge on any atom is 0.0403 e. The molecule has 5 aromatic rings. The van der Waals surface area contributed by atoms with Crippen molar-refractivity contribution in [2.24, 2.45) is 0 Å². The quantitative estimate of drug-likeness (QED) is 0.178. The monoisotopic (exact) mass is 410 g/mol. The molecule has 0 aromatic heterocycles. The van der Waals surface area contributed by atoms with Crippen LogP contribution in [0.4, 0.5) is 0 Å². The minimum Gasteiger partial charge on any atom is -0.101 e. The molecule has 0 fully saturated rings. The van der Waals surface area contributed by atoms with Crippen molar-refractivity contribution in [3.63, 3.8) is 0 Å². The number of hydrogen-bond acceptors (Lipinski definition) is 0. The summed E-state index contributed by atoms with van der Waals surface area (Å²) in [6.45, 7) is 12.6. The predicted molar refractivity (Wildman–Crippen MR) is 141 cm³/mol. The Morgan fingerprint density at radius 3 is 0.875 bits per heavy atom. The maximum atomic E-state index is 3.46. The van der Waals surface area contributed by atoms with Crippen LogP contribution in [-0.4, -0.2) is 0 Å². The SMILES string of the molecule is CC#Cc1c2cc3c(C)ccc(C)c3cc2c(C#CC)c2cc3c(C)ccc(C)c3cc12. The summed E-state index contributed by atoms with van der Waals surface area (Å²) in [4.78, 5) is 0. The molecule has 0 unspecified atom stereocenters. The Labute approximate surface area is 190 Å². The van der Waals surface area contributed by atoms with Gasteiger partial charge in [-0.1, -0.05) is 36.1 Å². The van der Waals surface area contributed by atoms with Gasteiger partial charge < -0.3 is 0 Å². The largest absolute Gasteiger partial charge is 0.101 e. The van der Waals surface area contributed by atoms with E-state index in [1.807, 2.05) is 13.8 Å². The van der Waals surface area contributed by atoms with E-state index in [0.29, 0.717) is 0 Å². The van der Waals surface area contributed by atoms with Crippen molar-refractivity contribution >= 4 is 43.1 Å². The standard InChI is InChI=1S/C32H26/c1-7-9-23-29-15-25-19(3)11-13-21(5)27(25)17-31(29)24(10-8-2)32-18-28-22(6)14-12-20(4)26(28)16-30(23)32/h11-18H,1-6H3. The summed E-state index contributed by atoms with van der Waals surface area (Å²) < 4.78 is 0. The van der Waals surface area contributed by atoms with Gasteiger partial charge in [0.15, 0.2) is 0 Å². The fraction of sp³-hybridized carbons (Fsp3) is 0.188. The van der Waals surface area contributed by atoms with Gasteiger partial charge in [0.05, 0.1) is 0 Å². The first-order valence-electron chi connectivity index (χ1n) is 11.1. The molecule has 32 heavy (non-hydrogen) atoms. The average molecular weight is 411 g/mol. The first-order chi connectivity index (χ1) is 15.4. The molecule has 0 nitrogen and oxygen atoms in total. The van der Waals surface area contributed by atoms with E-state index in [9.17, 15) is 0 Å². The Balaban J connectivity index is 2.14. The molecular formula is C32H26. The zero-order chi connectivity index (χ0) is 22.6. The Morgan fingerprint density at radius 1 is 0.406 bits per heavy atom. The van der Waals surface area contributed by atoms with E-state index >= 15 is 0 Å². The third-order valence-electron chi connectivity index (χ3n) is 6.76. The average Bonchev–Trinajstić information content (AvgIpc) is 2.79. The lowest BCUT2D eigenvalue weighted by molar-refractivity contribution is 1.46. The lowest BCUT2D eigenvalue weighted by atomic mass is 9.86. The second-order valence-corrected chi connectivity index (χ2v) is 8.79. The van der Waals surface area contributed by atoms with Crippen LogP contribution >= 0.6 is 0 Å². The number of hydrogen-bond donors (Lipinski definition) is 0. The van der Waals surface area contributed by atoms with Crippen LogP contribution < -0.4 is 0 Å². The molecule has 0 amide bonds. The van der Waals surface area contributed by atoms with E-state index in [1.165, 1.54) is 65.3 Å². The van der Waals surface area contributed by atoms with Gasteiger partial charge in [0, 0.05) is 11.1 Å². The van der Waals surface area contributed by atoms with E-state index in [0.717, 1.165) is 11.1 Å². The number of rotatable bonds is 0. The Hall–Kier alpha value is -3.74. The van der Waals surface area contributed by atoms with Crippen molar-refractivity contribution < 1.29 is 0 Å². The minimum absolute atomic E-state index is 1.10. The predicted octanol–water partition coefficient (Wildman–Crippen LogP) is 8.28. The van der Waals surface area contributed by atoms with Gasteiger partial charge in [0.25, 0.3) is 0 Å². The van der Waals surface area contributed by atoms with Crippen LogP contribution in [0.25, 0.3) is 43.1 Å². The molecule has 154 valence electrons. The van der Waals surface area contributed by atoms with Gasteiger partial charge in [0.1, 0.15) is 0 Å². The van der Waals surface area contributed by atoms with Crippen LogP contribution in [0, 0.1) is 51.4 Å². The molecule has 0 N–H and O–H groups in total. The van der Waals surface area contributed by atoms with Gasteiger partial charge in [-0.25, -0.2) is 0 Å². The van der Waals surface area contributed by atoms with Crippen LogP contribution in [0.5, 0.6) is 0 Å². The van der Waals surface area contributed by atoms with Crippen molar-refractivity contribution in [2.75, 3.05) is 0 Å². The van der Waals surface area contributed by atoms with Crippen LogP contribution in [0.3, 0.4) is 0 Å². The van der Waals surface area contributed by atoms with E-state index < -0.39 is 0 Å². The first-order valence-corrected chi connectivity index (χ1v) is 11.1. The zero-order valence-electron chi connectivity index (χ0n) is 19.6. The fourth-order valence-corrected chi connectivity index (χ4v) is 5.00. The van der Waals surface area contributed by atoms with Crippen molar-refractivity contribution in [1.29, 1.82) is 0 Å². The van der Waals surface area contributed by atoms with Crippen LogP contribution in [-0.2, 0) is 0 Å². The van der Waals surface area contributed by atoms with Gasteiger partial charge in [0.2, 0.25) is 0 Å². The molecule has 5 rings (SSSR count). The molecule has 0 saturated heterocycles. The zero-order valence-corrected chi connectivity index (χ0v) is 19.6. The number of aryl methyl sites for hydroxylation is 4. The fourth-order valence-electron chi connectivity index (χ4n) is 5.00. The number of benzene rings is 5. The first kappa shape index (κ1) is 20.2. The molecule has 0 aliphatic heterocycles. The smallest absolute Gasteiger partial charge is 0.0403 e. The molecule has 0 atom stereocenters. The van der Waals surface area contributed by atoms with Gasteiger partial charge in [-0.05, 0) is 131 Å². The highest BCUT2D eigenvalue weighted by molar-refractivity contribution is 6.17. The molecule has 0 radical (unpaired) electrons. The van der Waals surface area contributed by atoms with E-state index in [-0.39, 0.29) is 0 Å². The molecule has 0 aliphatic carbocycles. The van der Waals surface area contributed by atoms with Gasteiger partial charge in [-0.15, -0.1) is 11.8 Å². The topological polar surface area (TPSA) is 0 Å². The lowest BCUT2D eigenvalue weighted by Crippen LogP contribution is -1.94. The van der Waals surface area contributed by atoms with Crippen molar-refractivity contribution in [3.05, 3.63) is 81.9 Å². The third-order valence-corrected chi connectivity index (χ3v) is 6.76. The molecule has 0 aliphatic rings. The summed E-state index contributed by atoms with van der Waals surface area (Å²) in [6, 6.07) is 18.2. The van der Waals surface area contributed by atoms with Crippen molar-refractivity contribution in [2.45, 2.75) is 41.5 Å². The van der Waals surface area contributed by atoms with Gasteiger partial charge in [-0.2, -0.15) is 0 Å². The van der Waals surface area contributed by atoms with E-state index in [2.05, 4.69) is 99.9 Å². The highest BCUT2D eigenvalue weighted by Crippen LogP contribution is 2.39. The molecule has 0 heterocycles. The van der Waals surface area contributed by atoms with Gasteiger partial charge in [-0.3, -0.25) is 0 Å². The third kappa shape index (κ3) is 2.88. The molecule has 0 saturated carbocycles. The Kier molecular flexibility index (Phi) is 4.69. The van der Waals surface area contributed by atoms with E-state index in [4.69, 9.17) is 0 Å². The van der Waals surface area contributed by atoms with Gasteiger partial charge >= 0.3 is 0 Å².